The van der Waals surface area contributed by atoms with Crippen LogP contribution in [0.5, 0.6) is 0 Å². The van der Waals surface area contributed by atoms with Crippen molar-refractivity contribution in [2.75, 3.05) is 0 Å². The van der Waals surface area contributed by atoms with Gasteiger partial charge in [0, 0.05) is 0 Å². The summed E-state index contributed by atoms with van der Waals surface area (Å²) in [7, 11) is 0. The normalized spacial score (nSPS) is 9.94. The number of rotatable bonds is 2. The van der Waals surface area contributed by atoms with Crippen LogP contribution in [-0.2, 0) is 6.42 Å². The molecule has 84 valence electrons. The zero-order valence-corrected chi connectivity index (χ0v) is 10.2. The van der Waals surface area contributed by atoms with Crippen molar-refractivity contribution in [2.45, 2.75) is 20.3 Å². The zero-order valence-electron chi connectivity index (χ0n) is 10.2. The fourth-order valence-corrected chi connectivity index (χ4v) is 2.03. The summed E-state index contributed by atoms with van der Waals surface area (Å²) >= 11 is 0. The number of aryl methyl sites for hydroxylation is 2. The van der Waals surface area contributed by atoms with E-state index in [0.29, 0.717) is 0 Å². The van der Waals surface area contributed by atoms with Gasteiger partial charge in [-0.15, -0.1) is 0 Å². The Morgan fingerprint density at radius 1 is 1.00 bits per heavy atom. The molecule has 2 aromatic carbocycles. The van der Waals surface area contributed by atoms with Gasteiger partial charge in [-0.2, -0.15) is 5.26 Å². The number of benzene rings is 2. The van der Waals surface area contributed by atoms with Gasteiger partial charge in [0.15, 0.2) is 0 Å². The van der Waals surface area contributed by atoms with Crippen molar-refractivity contribution in [1.29, 1.82) is 5.26 Å². The number of hydrogen-bond acceptors (Lipinski definition) is 1. The monoisotopic (exact) mass is 221 g/mol. The van der Waals surface area contributed by atoms with Gasteiger partial charge in [-0.25, -0.2) is 0 Å². The van der Waals surface area contributed by atoms with Crippen LogP contribution in [0.2, 0.25) is 0 Å². The van der Waals surface area contributed by atoms with E-state index < -0.39 is 0 Å². The van der Waals surface area contributed by atoms with Gasteiger partial charge in [-0.05, 0) is 43.0 Å². The molecule has 0 aromatic heterocycles. The van der Waals surface area contributed by atoms with Crippen molar-refractivity contribution in [3.63, 3.8) is 0 Å². The van der Waals surface area contributed by atoms with Gasteiger partial charge in [-0.3, -0.25) is 0 Å². The molecule has 0 aliphatic carbocycles. The highest BCUT2D eigenvalue weighted by Crippen LogP contribution is 2.17. The second-order valence-corrected chi connectivity index (χ2v) is 4.38. The molecule has 0 atom stereocenters. The predicted octanol–water partition coefficient (Wildman–Crippen LogP) is 3.77. The first-order valence-electron chi connectivity index (χ1n) is 5.75. The van der Waals surface area contributed by atoms with Crippen LogP contribution in [-0.4, -0.2) is 0 Å². The number of nitrogens with zero attached hydrogens (tertiary/aromatic N) is 1. The fourth-order valence-electron chi connectivity index (χ4n) is 2.03. The summed E-state index contributed by atoms with van der Waals surface area (Å²) in [6.45, 7) is 4.22. The third-order valence-corrected chi connectivity index (χ3v) is 3.02. The summed E-state index contributed by atoms with van der Waals surface area (Å²) in [6.07, 6.45) is 0.829. The summed E-state index contributed by atoms with van der Waals surface area (Å²) in [5.74, 6) is 0. The molecular formula is C16H15N. The van der Waals surface area contributed by atoms with E-state index in [1.807, 2.05) is 24.3 Å². The molecule has 0 aliphatic rings. The van der Waals surface area contributed by atoms with E-state index in [1.54, 1.807) is 0 Å². The molecule has 0 amide bonds. The molecule has 0 saturated carbocycles. The SMILES string of the molecule is Cc1ccc(Cc2ccccc2C#N)c(C)c1. The van der Waals surface area contributed by atoms with Crippen molar-refractivity contribution in [2.24, 2.45) is 0 Å². The Hall–Kier alpha value is -2.07. The lowest BCUT2D eigenvalue weighted by Gasteiger charge is -2.08. The summed E-state index contributed by atoms with van der Waals surface area (Å²) < 4.78 is 0. The third kappa shape index (κ3) is 2.54. The van der Waals surface area contributed by atoms with Gasteiger partial charge in [0.25, 0.3) is 0 Å². The molecule has 0 bridgehead atoms. The van der Waals surface area contributed by atoms with Crippen LogP contribution in [0.3, 0.4) is 0 Å². The molecule has 17 heavy (non-hydrogen) atoms. The van der Waals surface area contributed by atoms with Crippen molar-refractivity contribution >= 4 is 0 Å². The quantitative estimate of drug-likeness (QED) is 0.757. The molecule has 1 heteroatoms. The van der Waals surface area contributed by atoms with Crippen LogP contribution in [0, 0.1) is 25.2 Å². The second kappa shape index (κ2) is 4.84. The molecule has 0 aliphatic heterocycles. The van der Waals surface area contributed by atoms with Crippen LogP contribution in [0.4, 0.5) is 0 Å². The highest BCUT2D eigenvalue weighted by Gasteiger charge is 2.04. The van der Waals surface area contributed by atoms with Crippen molar-refractivity contribution in [3.8, 4) is 6.07 Å². The van der Waals surface area contributed by atoms with Crippen LogP contribution in [0.25, 0.3) is 0 Å². The standard InChI is InChI=1S/C16H15N/c1-12-7-8-14(13(2)9-12)10-15-5-3-4-6-16(15)11-17/h3-9H,10H2,1-2H3. The second-order valence-electron chi connectivity index (χ2n) is 4.38. The first-order valence-corrected chi connectivity index (χ1v) is 5.75. The summed E-state index contributed by atoms with van der Waals surface area (Å²) in [4.78, 5) is 0. The first kappa shape index (κ1) is 11.4. The first-order chi connectivity index (χ1) is 8.20. The minimum Gasteiger partial charge on any atom is -0.192 e. The van der Waals surface area contributed by atoms with Crippen LogP contribution in [0.1, 0.15) is 27.8 Å². The molecule has 0 saturated heterocycles. The topological polar surface area (TPSA) is 23.8 Å². The lowest BCUT2D eigenvalue weighted by molar-refractivity contribution is 1.14. The third-order valence-electron chi connectivity index (χ3n) is 3.02. The van der Waals surface area contributed by atoms with Gasteiger partial charge < -0.3 is 0 Å². The Bertz CT molecular complexity index is 576. The minimum absolute atomic E-state index is 0.771. The van der Waals surface area contributed by atoms with E-state index in [1.165, 1.54) is 16.7 Å². The zero-order chi connectivity index (χ0) is 12.3. The molecule has 0 N–H and O–H groups in total. The molecule has 0 radical (unpaired) electrons. The van der Waals surface area contributed by atoms with Gasteiger partial charge in [0.1, 0.15) is 0 Å². The van der Waals surface area contributed by atoms with Gasteiger partial charge >= 0.3 is 0 Å². The van der Waals surface area contributed by atoms with E-state index in [-0.39, 0.29) is 0 Å². The van der Waals surface area contributed by atoms with E-state index in [2.05, 4.69) is 38.1 Å². The lowest BCUT2D eigenvalue weighted by atomic mass is 9.96. The van der Waals surface area contributed by atoms with E-state index >= 15 is 0 Å². The highest BCUT2D eigenvalue weighted by atomic mass is 14.2. The summed E-state index contributed by atoms with van der Waals surface area (Å²) in [6, 6.07) is 16.5. The average Bonchev–Trinajstić information content (AvgIpc) is 2.33. The van der Waals surface area contributed by atoms with Crippen LogP contribution < -0.4 is 0 Å². The molecule has 2 aromatic rings. The Labute approximate surface area is 102 Å². The minimum atomic E-state index is 0.771. The maximum Gasteiger partial charge on any atom is 0.0994 e. The Balaban J connectivity index is 2.35. The number of nitriles is 1. The van der Waals surface area contributed by atoms with Gasteiger partial charge in [0.05, 0.1) is 11.6 Å². The predicted molar refractivity (Wildman–Crippen MR) is 69.9 cm³/mol. The average molecular weight is 221 g/mol. The van der Waals surface area contributed by atoms with E-state index in [0.717, 1.165) is 17.5 Å². The molecule has 0 unspecified atom stereocenters. The highest BCUT2D eigenvalue weighted by molar-refractivity contribution is 5.42. The summed E-state index contributed by atoms with van der Waals surface area (Å²) in [5.41, 5.74) is 5.73. The molecule has 0 spiro atoms. The maximum absolute atomic E-state index is 9.06. The number of hydrogen-bond donors (Lipinski definition) is 0. The van der Waals surface area contributed by atoms with Crippen LogP contribution >= 0.6 is 0 Å². The van der Waals surface area contributed by atoms with E-state index in [4.69, 9.17) is 5.26 Å². The summed E-state index contributed by atoms with van der Waals surface area (Å²) in [5, 5.41) is 9.06. The van der Waals surface area contributed by atoms with Crippen molar-refractivity contribution in [1.82, 2.24) is 0 Å². The van der Waals surface area contributed by atoms with Gasteiger partial charge in [0.2, 0.25) is 0 Å². The molecule has 0 heterocycles. The fraction of sp³-hybridized carbons (Fsp3) is 0.188. The molecular weight excluding hydrogens is 206 g/mol. The van der Waals surface area contributed by atoms with Gasteiger partial charge in [-0.1, -0.05) is 42.0 Å². The molecule has 1 nitrogen and oxygen atoms in total. The van der Waals surface area contributed by atoms with Crippen molar-refractivity contribution in [3.05, 3.63) is 70.3 Å². The van der Waals surface area contributed by atoms with Crippen molar-refractivity contribution < 1.29 is 0 Å². The van der Waals surface area contributed by atoms with Crippen LogP contribution in [0.15, 0.2) is 42.5 Å². The maximum atomic E-state index is 9.06. The largest absolute Gasteiger partial charge is 0.192 e. The molecule has 2 rings (SSSR count). The molecule has 0 fully saturated rings. The van der Waals surface area contributed by atoms with E-state index in [9.17, 15) is 0 Å². The Morgan fingerprint density at radius 3 is 2.47 bits per heavy atom. The lowest BCUT2D eigenvalue weighted by Crippen LogP contribution is -1.95. The smallest absolute Gasteiger partial charge is 0.0994 e. The Morgan fingerprint density at radius 2 is 1.76 bits per heavy atom. The Kier molecular flexibility index (Phi) is 3.25.